The van der Waals surface area contributed by atoms with Gasteiger partial charge >= 0.3 is 11.7 Å². The molecule has 1 aromatic carbocycles. The van der Waals surface area contributed by atoms with E-state index in [-0.39, 0.29) is 22.9 Å². The van der Waals surface area contributed by atoms with E-state index < -0.39 is 29.5 Å². The Hall–Kier alpha value is -4.17. The second-order valence-corrected chi connectivity index (χ2v) is 9.15. The molecule has 4 aromatic rings. The van der Waals surface area contributed by atoms with E-state index in [0.717, 1.165) is 15.9 Å². The summed E-state index contributed by atoms with van der Waals surface area (Å²) >= 11 is 2.36. The zero-order chi connectivity index (χ0) is 25.2. The van der Waals surface area contributed by atoms with Crippen molar-refractivity contribution >= 4 is 39.7 Å². The summed E-state index contributed by atoms with van der Waals surface area (Å²) in [5, 5.41) is 17.0. The third-order valence-electron chi connectivity index (χ3n) is 5.36. The molecule has 1 aliphatic rings. The van der Waals surface area contributed by atoms with Crippen LogP contribution in [-0.2, 0) is 16.0 Å². The smallest absolute Gasteiger partial charge is 0.357 e. The molecule has 0 fully saturated rings. The van der Waals surface area contributed by atoms with E-state index in [4.69, 9.17) is 9.47 Å². The summed E-state index contributed by atoms with van der Waals surface area (Å²) in [5.41, 5.74) is 2.11. The van der Waals surface area contributed by atoms with E-state index in [2.05, 4.69) is 25.0 Å². The molecule has 1 amide bonds. The summed E-state index contributed by atoms with van der Waals surface area (Å²) in [5.74, 6) is -0.662. The number of H-pyrrole nitrogens is 1. The second-order valence-electron chi connectivity index (χ2n) is 7.58. The van der Waals surface area contributed by atoms with Crippen LogP contribution in [0.5, 0.6) is 17.4 Å². The minimum Gasteiger partial charge on any atom is -0.493 e. The van der Waals surface area contributed by atoms with Crippen LogP contribution in [0.4, 0.5) is 5.13 Å². The molecule has 14 heteroatoms. The Bertz CT molecular complexity index is 1470. The van der Waals surface area contributed by atoms with Gasteiger partial charge in [0, 0.05) is 22.7 Å². The number of methoxy groups -OCH3 is 1. The number of esters is 1. The van der Waals surface area contributed by atoms with Gasteiger partial charge in [-0.2, -0.15) is 0 Å². The second kappa shape index (κ2) is 9.83. The van der Waals surface area contributed by atoms with Crippen molar-refractivity contribution in [3.05, 3.63) is 56.3 Å². The Kier molecular flexibility index (Phi) is 6.43. The van der Waals surface area contributed by atoms with Crippen LogP contribution in [0.15, 0.2) is 39.3 Å². The highest BCUT2D eigenvalue weighted by Crippen LogP contribution is 2.37. The van der Waals surface area contributed by atoms with Crippen molar-refractivity contribution in [3.8, 4) is 28.6 Å². The lowest BCUT2D eigenvalue weighted by Crippen LogP contribution is -2.33. The summed E-state index contributed by atoms with van der Waals surface area (Å²) in [6.45, 7) is 0.808. The quantitative estimate of drug-likeness (QED) is 0.306. The van der Waals surface area contributed by atoms with Gasteiger partial charge in [-0.05, 0) is 18.2 Å². The number of fused-ring (bicyclic) bond motifs is 1. The molecule has 4 heterocycles. The Morgan fingerprint density at radius 2 is 2.08 bits per heavy atom. The van der Waals surface area contributed by atoms with Gasteiger partial charge in [0.25, 0.3) is 0 Å². The van der Waals surface area contributed by atoms with Gasteiger partial charge in [-0.3, -0.25) is 4.79 Å². The summed E-state index contributed by atoms with van der Waals surface area (Å²) in [6, 6.07) is 3.82. The van der Waals surface area contributed by atoms with Gasteiger partial charge in [-0.15, -0.1) is 22.7 Å². The number of hydrogen-bond acceptors (Lipinski definition) is 11. The zero-order valence-electron chi connectivity index (χ0n) is 18.7. The molecular weight excluding hydrogens is 510 g/mol. The van der Waals surface area contributed by atoms with Gasteiger partial charge in [0.05, 0.1) is 18.3 Å². The number of aromatic nitrogens is 4. The number of nitrogens with one attached hydrogen (secondary N) is 2. The highest BCUT2D eigenvalue weighted by atomic mass is 32.1. The molecule has 0 saturated heterocycles. The van der Waals surface area contributed by atoms with Gasteiger partial charge in [0.2, 0.25) is 11.8 Å². The summed E-state index contributed by atoms with van der Waals surface area (Å²) in [7, 11) is 1.23. The van der Waals surface area contributed by atoms with Crippen LogP contribution in [-0.4, -0.2) is 56.8 Å². The Labute approximate surface area is 211 Å². The number of rotatable bonds is 7. The van der Waals surface area contributed by atoms with Crippen LogP contribution < -0.4 is 20.5 Å². The lowest BCUT2D eigenvalue weighted by molar-refractivity contribution is -0.119. The highest BCUT2D eigenvalue weighted by molar-refractivity contribution is 7.14. The predicted molar refractivity (Wildman–Crippen MR) is 130 cm³/mol. The number of imidazole rings is 1. The van der Waals surface area contributed by atoms with Crippen molar-refractivity contribution < 1.29 is 28.9 Å². The SMILES string of the molecule is COC(=O)c1csc(NC(=O)[C@H](Cc2cscn2)n2c(O)c(-c3ccc4c(c3)OCCO4)[nH]c2=O)n1. The van der Waals surface area contributed by atoms with Crippen LogP contribution in [0.25, 0.3) is 11.3 Å². The molecule has 0 spiro atoms. The Balaban J connectivity index is 1.49. The minimum absolute atomic E-state index is 0.0243. The summed E-state index contributed by atoms with van der Waals surface area (Å²) in [6.07, 6.45) is 0.0243. The van der Waals surface area contributed by atoms with Crippen LogP contribution in [0.2, 0.25) is 0 Å². The first-order chi connectivity index (χ1) is 17.4. The zero-order valence-corrected chi connectivity index (χ0v) is 20.4. The lowest BCUT2D eigenvalue weighted by atomic mass is 10.1. The van der Waals surface area contributed by atoms with E-state index >= 15 is 0 Å². The number of carbonyl (C=O) groups is 2. The molecule has 0 bridgehead atoms. The molecule has 12 nitrogen and oxygen atoms in total. The molecule has 0 saturated carbocycles. The number of benzene rings is 1. The first-order valence-corrected chi connectivity index (χ1v) is 12.4. The molecule has 1 aliphatic heterocycles. The molecule has 36 heavy (non-hydrogen) atoms. The van der Waals surface area contributed by atoms with Gasteiger partial charge in [0.1, 0.15) is 24.9 Å². The van der Waals surface area contributed by atoms with E-state index in [1.54, 1.807) is 29.1 Å². The number of ether oxygens (including phenoxy) is 3. The van der Waals surface area contributed by atoms with Gasteiger partial charge in [0.15, 0.2) is 22.3 Å². The molecule has 0 radical (unpaired) electrons. The maximum atomic E-state index is 13.3. The largest absolute Gasteiger partial charge is 0.493 e. The summed E-state index contributed by atoms with van der Waals surface area (Å²) < 4.78 is 16.7. The van der Waals surface area contributed by atoms with Crippen molar-refractivity contribution in [1.29, 1.82) is 0 Å². The number of amides is 1. The van der Waals surface area contributed by atoms with E-state index in [0.29, 0.717) is 36.0 Å². The Morgan fingerprint density at radius 1 is 1.28 bits per heavy atom. The topological polar surface area (TPSA) is 158 Å². The molecule has 0 unspecified atom stereocenters. The van der Waals surface area contributed by atoms with Crippen molar-refractivity contribution in [3.63, 3.8) is 0 Å². The first-order valence-electron chi connectivity index (χ1n) is 10.6. The number of nitrogens with zero attached hydrogens (tertiary/aromatic N) is 3. The number of carbonyl (C=O) groups excluding carboxylic acids is 2. The van der Waals surface area contributed by atoms with Gasteiger partial charge < -0.3 is 29.6 Å². The maximum Gasteiger partial charge on any atom is 0.357 e. The predicted octanol–water partition coefficient (Wildman–Crippen LogP) is 2.44. The normalized spacial score (nSPS) is 13.2. The fourth-order valence-corrected chi connectivity index (χ4v) is 4.94. The number of aromatic amines is 1. The van der Waals surface area contributed by atoms with Crippen molar-refractivity contribution in [2.24, 2.45) is 0 Å². The molecule has 186 valence electrons. The minimum atomic E-state index is -1.17. The molecule has 1 atom stereocenters. The molecule has 0 aliphatic carbocycles. The summed E-state index contributed by atoms with van der Waals surface area (Å²) in [4.78, 5) is 48.9. The van der Waals surface area contributed by atoms with Crippen LogP contribution in [0, 0.1) is 0 Å². The van der Waals surface area contributed by atoms with E-state index in [1.165, 1.54) is 23.8 Å². The average molecular weight is 530 g/mol. The number of hydrogen-bond donors (Lipinski definition) is 3. The van der Waals surface area contributed by atoms with Gasteiger partial charge in [-0.1, -0.05) is 0 Å². The maximum absolute atomic E-state index is 13.3. The van der Waals surface area contributed by atoms with E-state index in [1.807, 2.05) is 0 Å². The fourth-order valence-electron chi connectivity index (χ4n) is 3.68. The highest BCUT2D eigenvalue weighted by Gasteiger charge is 2.30. The van der Waals surface area contributed by atoms with Crippen LogP contribution >= 0.6 is 22.7 Å². The van der Waals surface area contributed by atoms with Crippen LogP contribution in [0.1, 0.15) is 22.2 Å². The molecular formula is C22H19N5O7S2. The average Bonchev–Trinajstić information content (AvgIpc) is 3.63. The Morgan fingerprint density at radius 3 is 2.83 bits per heavy atom. The van der Waals surface area contributed by atoms with Gasteiger partial charge in [-0.25, -0.2) is 24.1 Å². The number of thiazole rings is 2. The first kappa shape index (κ1) is 23.6. The fraction of sp³-hybridized carbons (Fsp3) is 0.227. The van der Waals surface area contributed by atoms with Crippen molar-refractivity contribution in [2.75, 3.05) is 25.6 Å². The van der Waals surface area contributed by atoms with Crippen molar-refractivity contribution in [1.82, 2.24) is 19.5 Å². The number of aromatic hydroxyl groups is 1. The third kappa shape index (κ3) is 4.55. The van der Waals surface area contributed by atoms with Crippen molar-refractivity contribution in [2.45, 2.75) is 12.5 Å². The lowest BCUT2D eigenvalue weighted by Gasteiger charge is -2.19. The number of anilines is 1. The third-order valence-corrected chi connectivity index (χ3v) is 6.76. The molecule has 3 N–H and O–H groups in total. The monoisotopic (exact) mass is 529 g/mol. The van der Waals surface area contributed by atoms with Crippen LogP contribution in [0.3, 0.4) is 0 Å². The standard InChI is InChI=1S/C22H19N5O7S2/c1-32-20(30)13-9-36-21(24-13)26-18(28)14(7-12-8-35-10-23-12)27-19(29)17(25-22(27)31)11-2-3-15-16(6-11)34-5-4-33-15/h2-3,6,8-10,14,29H,4-5,7H2,1H3,(H,25,31)(H,24,26,28)/t14-/m0/s1. The molecule has 5 rings (SSSR count). The molecule has 3 aromatic heterocycles. The van der Waals surface area contributed by atoms with E-state index in [9.17, 15) is 19.5 Å².